The number of carboxylic acids is 1. The van der Waals surface area contributed by atoms with Gasteiger partial charge in [0.25, 0.3) is 0 Å². The molecule has 5 nitrogen and oxygen atoms in total. The maximum atomic E-state index is 13.2. The number of amides is 2. The van der Waals surface area contributed by atoms with E-state index in [1.165, 1.54) is 12.1 Å². The lowest BCUT2D eigenvalue weighted by molar-refractivity contribution is -0.137. The second-order valence-electron chi connectivity index (χ2n) is 4.01. The Labute approximate surface area is 110 Å². The molecule has 0 saturated carbocycles. The summed E-state index contributed by atoms with van der Waals surface area (Å²) in [6.45, 7) is 4.78. The van der Waals surface area contributed by atoms with Gasteiger partial charge in [-0.15, -0.1) is 6.58 Å². The normalized spacial score (nSPS) is 9.79. The number of carbonyl (C=O) groups excluding carboxylic acids is 1. The van der Waals surface area contributed by atoms with Crippen LogP contribution >= 0.6 is 0 Å². The van der Waals surface area contributed by atoms with Gasteiger partial charge in [0.15, 0.2) is 0 Å². The second-order valence-corrected chi connectivity index (χ2v) is 4.01. The fraction of sp³-hybridized carbons (Fsp3) is 0.231. The monoisotopic (exact) mass is 266 g/mol. The molecule has 102 valence electrons. The van der Waals surface area contributed by atoms with Gasteiger partial charge in [-0.05, 0) is 30.7 Å². The van der Waals surface area contributed by atoms with Crippen molar-refractivity contribution in [1.82, 2.24) is 4.90 Å². The fourth-order valence-electron chi connectivity index (χ4n) is 1.55. The molecule has 6 heteroatoms. The smallest absolute Gasteiger partial charge is 0.323 e. The van der Waals surface area contributed by atoms with E-state index in [0.717, 1.165) is 11.0 Å². The van der Waals surface area contributed by atoms with Gasteiger partial charge in [0.2, 0.25) is 0 Å². The van der Waals surface area contributed by atoms with Gasteiger partial charge in [-0.25, -0.2) is 9.18 Å². The highest BCUT2D eigenvalue weighted by atomic mass is 19.1. The number of nitrogens with zero attached hydrogens (tertiary/aromatic N) is 1. The molecule has 0 fully saturated rings. The van der Waals surface area contributed by atoms with Crippen LogP contribution in [-0.4, -0.2) is 35.1 Å². The Hall–Kier alpha value is -2.37. The van der Waals surface area contributed by atoms with Crippen molar-refractivity contribution < 1.29 is 19.1 Å². The Morgan fingerprint density at radius 1 is 1.47 bits per heavy atom. The van der Waals surface area contributed by atoms with Crippen LogP contribution < -0.4 is 5.32 Å². The van der Waals surface area contributed by atoms with Gasteiger partial charge in [0, 0.05) is 12.2 Å². The summed E-state index contributed by atoms with van der Waals surface area (Å²) in [5.41, 5.74) is 0.936. The number of aliphatic carboxylic acids is 1. The van der Waals surface area contributed by atoms with Crippen molar-refractivity contribution in [3.05, 3.63) is 42.2 Å². The molecule has 2 amide bonds. The van der Waals surface area contributed by atoms with Gasteiger partial charge in [-0.1, -0.05) is 6.08 Å². The zero-order valence-electron chi connectivity index (χ0n) is 10.5. The van der Waals surface area contributed by atoms with Gasteiger partial charge in [-0.3, -0.25) is 4.79 Å². The van der Waals surface area contributed by atoms with E-state index < -0.39 is 24.4 Å². The minimum atomic E-state index is -1.13. The summed E-state index contributed by atoms with van der Waals surface area (Å²) in [6.07, 6.45) is 1.42. The van der Waals surface area contributed by atoms with Crippen molar-refractivity contribution in [3.8, 4) is 0 Å². The third-order valence-corrected chi connectivity index (χ3v) is 2.26. The standard InChI is InChI=1S/C13H15FN2O3/c1-3-4-16(8-12(17)18)13(19)15-11-6-9(2)5-10(14)7-11/h3,5-7H,1,4,8H2,2H3,(H,15,19)(H,17,18). The first-order valence-corrected chi connectivity index (χ1v) is 5.58. The summed E-state index contributed by atoms with van der Waals surface area (Å²) in [5.74, 6) is -1.60. The Balaban J connectivity index is 2.80. The molecule has 1 aromatic rings. The highest BCUT2D eigenvalue weighted by Crippen LogP contribution is 2.13. The number of benzene rings is 1. The highest BCUT2D eigenvalue weighted by molar-refractivity contribution is 5.91. The van der Waals surface area contributed by atoms with Gasteiger partial charge in [-0.2, -0.15) is 0 Å². The number of carbonyl (C=O) groups is 2. The largest absolute Gasteiger partial charge is 0.480 e. The number of anilines is 1. The van der Waals surface area contributed by atoms with E-state index in [9.17, 15) is 14.0 Å². The lowest BCUT2D eigenvalue weighted by atomic mass is 10.2. The quantitative estimate of drug-likeness (QED) is 0.803. The molecule has 19 heavy (non-hydrogen) atoms. The molecule has 0 bridgehead atoms. The number of hydrogen-bond acceptors (Lipinski definition) is 2. The van der Waals surface area contributed by atoms with Crippen molar-refractivity contribution in [3.63, 3.8) is 0 Å². The minimum absolute atomic E-state index is 0.0897. The van der Waals surface area contributed by atoms with Crippen LogP contribution in [0.25, 0.3) is 0 Å². The molecule has 0 aliphatic rings. The third-order valence-electron chi connectivity index (χ3n) is 2.26. The summed E-state index contributed by atoms with van der Waals surface area (Å²) in [7, 11) is 0. The van der Waals surface area contributed by atoms with Gasteiger partial charge in [0.1, 0.15) is 12.4 Å². The van der Waals surface area contributed by atoms with Gasteiger partial charge >= 0.3 is 12.0 Å². The molecule has 0 spiro atoms. The van der Waals surface area contributed by atoms with Gasteiger partial charge < -0.3 is 15.3 Å². The first-order valence-electron chi connectivity index (χ1n) is 5.58. The zero-order valence-corrected chi connectivity index (χ0v) is 10.5. The van der Waals surface area contributed by atoms with Crippen LogP contribution in [0.4, 0.5) is 14.9 Å². The van der Waals surface area contributed by atoms with E-state index in [4.69, 9.17) is 5.11 Å². The van der Waals surface area contributed by atoms with Crippen molar-refractivity contribution in [2.24, 2.45) is 0 Å². The molecule has 0 aliphatic heterocycles. The molecular weight excluding hydrogens is 251 g/mol. The summed E-state index contributed by atoms with van der Waals surface area (Å²) in [6, 6.07) is 3.47. The van der Waals surface area contributed by atoms with Crippen molar-refractivity contribution in [2.75, 3.05) is 18.4 Å². The molecule has 1 rings (SSSR count). The van der Waals surface area contributed by atoms with Crippen LogP contribution in [0.5, 0.6) is 0 Å². The predicted molar refractivity (Wildman–Crippen MR) is 69.6 cm³/mol. The van der Waals surface area contributed by atoms with Crippen LogP contribution in [0.1, 0.15) is 5.56 Å². The molecule has 2 N–H and O–H groups in total. The van der Waals surface area contributed by atoms with Crippen LogP contribution in [-0.2, 0) is 4.79 Å². The number of aryl methyl sites for hydroxylation is 1. The number of rotatable bonds is 5. The second kappa shape index (κ2) is 6.53. The van der Waals surface area contributed by atoms with E-state index >= 15 is 0 Å². The first-order chi connectivity index (χ1) is 8.92. The molecular formula is C13H15FN2O3. The van der Waals surface area contributed by atoms with E-state index in [0.29, 0.717) is 5.56 Å². The van der Waals surface area contributed by atoms with E-state index in [1.807, 2.05) is 0 Å². The number of hydrogen-bond donors (Lipinski definition) is 2. The Bertz CT molecular complexity index is 482. The number of halogens is 1. The van der Waals surface area contributed by atoms with E-state index in [-0.39, 0.29) is 12.2 Å². The van der Waals surface area contributed by atoms with E-state index in [2.05, 4.69) is 11.9 Å². The number of nitrogens with one attached hydrogen (secondary N) is 1. The first kappa shape index (κ1) is 14.7. The van der Waals surface area contributed by atoms with Crippen molar-refractivity contribution >= 4 is 17.7 Å². The molecule has 0 heterocycles. The summed E-state index contributed by atoms with van der Waals surface area (Å²) < 4.78 is 13.2. The third kappa shape index (κ3) is 4.79. The lowest BCUT2D eigenvalue weighted by Crippen LogP contribution is -2.38. The average Bonchev–Trinajstić information content (AvgIpc) is 2.26. The summed E-state index contributed by atoms with van der Waals surface area (Å²) >= 11 is 0. The number of urea groups is 1. The minimum Gasteiger partial charge on any atom is -0.480 e. The van der Waals surface area contributed by atoms with Gasteiger partial charge in [0.05, 0.1) is 0 Å². The number of carboxylic acid groups (broad SMARTS) is 1. The van der Waals surface area contributed by atoms with E-state index in [1.54, 1.807) is 13.0 Å². The molecule has 0 atom stereocenters. The molecule has 0 saturated heterocycles. The Kier molecular flexibility index (Phi) is 5.05. The zero-order chi connectivity index (χ0) is 14.4. The maximum Gasteiger partial charge on any atom is 0.323 e. The van der Waals surface area contributed by atoms with Crippen LogP contribution in [0.15, 0.2) is 30.9 Å². The van der Waals surface area contributed by atoms with Crippen molar-refractivity contribution in [1.29, 1.82) is 0 Å². The molecule has 0 aliphatic carbocycles. The summed E-state index contributed by atoms with van der Waals surface area (Å²) in [4.78, 5) is 23.5. The molecule has 0 unspecified atom stereocenters. The average molecular weight is 266 g/mol. The topological polar surface area (TPSA) is 69.6 Å². The highest BCUT2D eigenvalue weighted by Gasteiger charge is 2.15. The van der Waals surface area contributed by atoms with Crippen LogP contribution in [0, 0.1) is 12.7 Å². The Morgan fingerprint density at radius 3 is 2.68 bits per heavy atom. The molecule has 0 radical (unpaired) electrons. The van der Waals surface area contributed by atoms with Crippen molar-refractivity contribution in [2.45, 2.75) is 6.92 Å². The molecule has 0 aromatic heterocycles. The lowest BCUT2D eigenvalue weighted by Gasteiger charge is -2.19. The van der Waals surface area contributed by atoms with Crippen LogP contribution in [0.3, 0.4) is 0 Å². The predicted octanol–water partition coefficient (Wildman–Crippen LogP) is 2.24. The van der Waals surface area contributed by atoms with Crippen LogP contribution in [0.2, 0.25) is 0 Å². The SMILES string of the molecule is C=CCN(CC(=O)O)C(=O)Nc1cc(C)cc(F)c1. The fourth-order valence-corrected chi connectivity index (χ4v) is 1.55. The maximum absolute atomic E-state index is 13.2. The Morgan fingerprint density at radius 2 is 2.16 bits per heavy atom. The summed E-state index contributed by atoms with van der Waals surface area (Å²) in [5, 5.41) is 11.1. The molecule has 1 aromatic carbocycles.